The van der Waals surface area contributed by atoms with E-state index in [0.717, 1.165) is 13.0 Å². The van der Waals surface area contributed by atoms with Gasteiger partial charge in [0, 0.05) is 19.1 Å². The minimum Gasteiger partial charge on any atom is -0.329 e. The molecule has 0 bridgehead atoms. The van der Waals surface area contributed by atoms with Crippen LogP contribution in [0.4, 0.5) is 0 Å². The van der Waals surface area contributed by atoms with Crippen LogP contribution in [0.15, 0.2) is 42.5 Å². The Morgan fingerprint density at radius 2 is 1.83 bits per heavy atom. The van der Waals surface area contributed by atoms with Crippen LogP contribution in [-0.2, 0) is 6.42 Å². The average molecular weight is 242 g/mol. The second-order valence-corrected chi connectivity index (χ2v) is 5.00. The van der Waals surface area contributed by atoms with Crippen molar-refractivity contribution in [3.05, 3.63) is 48.0 Å². The SMILES string of the molecule is CC(CN)N(C)CCc1ccc2ccccc2c1. The molecule has 0 saturated carbocycles. The van der Waals surface area contributed by atoms with Crippen LogP contribution in [0.25, 0.3) is 10.8 Å². The van der Waals surface area contributed by atoms with E-state index >= 15 is 0 Å². The molecule has 0 aromatic heterocycles. The molecular weight excluding hydrogens is 220 g/mol. The summed E-state index contributed by atoms with van der Waals surface area (Å²) in [7, 11) is 2.14. The topological polar surface area (TPSA) is 29.3 Å². The van der Waals surface area contributed by atoms with Gasteiger partial charge >= 0.3 is 0 Å². The van der Waals surface area contributed by atoms with E-state index in [-0.39, 0.29) is 0 Å². The van der Waals surface area contributed by atoms with E-state index in [2.05, 4.69) is 61.3 Å². The van der Waals surface area contributed by atoms with Gasteiger partial charge in [0.05, 0.1) is 0 Å². The highest BCUT2D eigenvalue weighted by atomic mass is 15.1. The van der Waals surface area contributed by atoms with Gasteiger partial charge in [-0.3, -0.25) is 0 Å². The van der Waals surface area contributed by atoms with Crippen molar-refractivity contribution in [2.75, 3.05) is 20.1 Å². The fraction of sp³-hybridized carbons (Fsp3) is 0.375. The average Bonchev–Trinajstić information content (AvgIpc) is 2.43. The smallest absolute Gasteiger partial charge is 0.0187 e. The zero-order chi connectivity index (χ0) is 13.0. The highest BCUT2D eigenvalue weighted by molar-refractivity contribution is 5.82. The highest BCUT2D eigenvalue weighted by Crippen LogP contribution is 2.16. The fourth-order valence-electron chi connectivity index (χ4n) is 2.10. The molecule has 2 heteroatoms. The molecule has 0 saturated heterocycles. The molecule has 0 heterocycles. The zero-order valence-electron chi connectivity index (χ0n) is 11.3. The van der Waals surface area contributed by atoms with E-state index in [1.807, 2.05) is 0 Å². The van der Waals surface area contributed by atoms with Gasteiger partial charge in [0.25, 0.3) is 0 Å². The van der Waals surface area contributed by atoms with Crippen LogP contribution in [0.2, 0.25) is 0 Å². The standard InChI is InChI=1S/C16H22N2/c1-13(12-17)18(2)10-9-14-7-8-15-5-3-4-6-16(15)11-14/h3-8,11,13H,9-10,12,17H2,1-2H3. The molecular formula is C16H22N2. The first-order chi connectivity index (χ1) is 8.70. The second kappa shape index (κ2) is 5.98. The minimum atomic E-state index is 0.449. The van der Waals surface area contributed by atoms with E-state index in [0.29, 0.717) is 12.6 Å². The molecule has 1 atom stereocenters. The maximum absolute atomic E-state index is 5.67. The number of hydrogen-bond acceptors (Lipinski definition) is 2. The minimum absolute atomic E-state index is 0.449. The first-order valence-electron chi connectivity index (χ1n) is 6.58. The van der Waals surface area contributed by atoms with Crippen molar-refractivity contribution in [3.63, 3.8) is 0 Å². The zero-order valence-corrected chi connectivity index (χ0v) is 11.3. The molecule has 18 heavy (non-hydrogen) atoms. The van der Waals surface area contributed by atoms with E-state index in [4.69, 9.17) is 5.73 Å². The number of nitrogens with zero attached hydrogens (tertiary/aromatic N) is 1. The van der Waals surface area contributed by atoms with Crippen LogP contribution in [-0.4, -0.2) is 31.1 Å². The highest BCUT2D eigenvalue weighted by Gasteiger charge is 2.06. The third-order valence-electron chi connectivity index (χ3n) is 3.66. The molecule has 2 nitrogen and oxygen atoms in total. The van der Waals surface area contributed by atoms with Crippen molar-refractivity contribution in [2.24, 2.45) is 5.73 Å². The number of fused-ring (bicyclic) bond motifs is 1. The van der Waals surface area contributed by atoms with E-state index < -0.39 is 0 Å². The fourth-order valence-corrected chi connectivity index (χ4v) is 2.10. The Labute approximate surface area is 109 Å². The van der Waals surface area contributed by atoms with Gasteiger partial charge in [-0.25, -0.2) is 0 Å². The molecule has 2 aromatic carbocycles. The molecule has 0 aliphatic heterocycles. The van der Waals surface area contributed by atoms with Gasteiger partial charge in [-0.2, -0.15) is 0 Å². The van der Waals surface area contributed by atoms with E-state index in [9.17, 15) is 0 Å². The van der Waals surface area contributed by atoms with E-state index in [1.165, 1.54) is 16.3 Å². The van der Waals surface area contributed by atoms with Crippen molar-refractivity contribution in [3.8, 4) is 0 Å². The van der Waals surface area contributed by atoms with Crippen molar-refractivity contribution < 1.29 is 0 Å². The third-order valence-corrected chi connectivity index (χ3v) is 3.66. The summed E-state index contributed by atoms with van der Waals surface area (Å²) in [6, 6.07) is 15.7. The molecule has 0 aliphatic rings. The van der Waals surface area contributed by atoms with Crippen LogP contribution >= 0.6 is 0 Å². The summed E-state index contributed by atoms with van der Waals surface area (Å²) in [5, 5.41) is 2.63. The molecule has 2 N–H and O–H groups in total. The van der Waals surface area contributed by atoms with Crippen molar-refractivity contribution in [1.82, 2.24) is 4.90 Å². The summed E-state index contributed by atoms with van der Waals surface area (Å²) in [4.78, 5) is 2.31. The van der Waals surface area contributed by atoms with E-state index in [1.54, 1.807) is 0 Å². The Bertz CT molecular complexity index is 507. The number of benzene rings is 2. The monoisotopic (exact) mass is 242 g/mol. The Hall–Kier alpha value is -1.38. The summed E-state index contributed by atoms with van der Waals surface area (Å²) in [5.74, 6) is 0. The van der Waals surface area contributed by atoms with Gasteiger partial charge in [0.1, 0.15) is 0 Å². The third kappa shape index (κ3) is 3.09. The molecule has 96 valence electrons. The van der Waals surface area contributed by atoms with Gasteiger partial charge in [-0.05, 0) is 36.7 Å². The second-order valence-electron chi connectivity index (χ2n) is 5.00. The van der Waals surface area contributed by atoms with Gasteiger partial charge in [-0.15, -0.1) is 0 Å². The van der Waals surface area contributed by atoms with Crippen LogP contribution in [0.1, 0.15) is 12.5 Å². The summed E-state index contributed by atoms with van der Waals surface area (Å²) >= 11 is 0. The quantitative estimate of drug-likeness (QED) is 0.873. The first-order valence-corrected chi connectivity index (χ1v) is 6.58. The normalized spacial score (nSPS) is 13.1. The predicted octanol–water partition coefficient (Wildman–Crippen LogP) is 2.66. The van der Waals surface area contributed by atoms with Gasteiger partial charge in [0.2, 0.25) is 0 Å². The maximum Gasteiger partial charge on any atom is 0.0187 e. The molecule has 0 spiro atoms. The molecule has 1 unspecified atom stereocenters. The molecule has 0 aliphatic carbocycles. The number of likely N-dealkylation sites (N-methyl/N-ethyl adjacent to an activating group) is 1. The number of rotatable bonds is 5. The van der Waals surface area contributed by atoms with Crippen LogP contribution < -0.4 is 5.73 Å². The van der Waals surface area contributed by atoms with Crippen LogP contribution in [0.3, 0.4) is 0 Å². The van der Waals surface area contributed by atoms with Crippen molar-refractivity contribution >= 4 is 10.8 Å². The van der Waals surface area contributed by atoms with Gasteiger partial charge in [-0.1, -0.05) is 42.5 Å². The Kier molecular flexibility index (Phi) is 4.34. The largest absolute Gasteiger partial charge is 0.329 e. The lowest BCUT2D eigenvalue weighted by atomic mass is 10.0. The summed E-state index contributed by atoms with van der Waals surface area (Å²) in [6.07, 6.45) is 1.08. The van der Waals surface area contributed by atoms with Gasteiger partial charge in [0.15, 0.2) is 0 Å². The Balaban J connectivity index is 2.04. The Morgan fingerprint density at radius 1 is 1.11 bits per heavy atom. The van der Waals surface area contributed by atoms with Gasteiger partial charge < -0.3 is 10.6 Å². The van der Waals surface area contributed by atoms with Crippen LogP contribution in [0.5, 0.6) is 0 Å². The lowest BCUT2D eigenvalue weighted by Gasteiger charge is -2.23. The lowest BCUT2D eigenvalue weighted by molar-refractivity contribution is 0.266. The lowest BCUT2D eigenvalue weighted by Crippen LogP contribution is -2.36. The maximum atomic E-state index is 5.67. The van der Waals surface area contributed by atoms with Crippen molar-refractivity contribution in [2.45, 2.75) is 19.4 Å². The molecule has 0 radical (unpaired) electrons. The van der Waals surface area contributed by atoms with Crippen molar-refractivity contribution in [1.29, 1.82) is 0 Å². The predicted molar refractivity (Wildman–Crippen MR) is 78.8 cm³/mol. The summed E-state index contributed by atoms with van der Waals surface area (Å²) < 4.78 is 0. The van der Waals surface area contributed by atoms with Crippen LogP contribution in [0, 0.1) is 0 Å². The number of hydrogen-bond donors (Lipinski definition) is 1. The number of nitrogens with two attached hydrogens (primary N) is 1. The molecule has 2 rings (SSSR count). The first kappa shape index (κ1) is 13.1. The summed E-state index contributed by atoms with van der Waals surface area (Å²) in [5.41, 5.74) is 7.07. The molecule has 0 amide bonds. The molecule has 0 fully saturated rings. The molecule has 2 aromatic rings. The summed E-state index contributed by atoms with van der Waals surface area (Å²) in [6.45, 7) is 3.94. The Morgan fingerprint density at radius 3 is 2.56 bits per heavy atom.